The van der Waals surface area contributed by atoms with E-state index in [1.807, 2.05) is 37.2 Å². The molecular weight excluding hydrogens is 499 g/mol. The van der Waals surface area contributed by atoms with Gasteiger partial charge in [-0.3, -0.25) is 4.90 Å². The SMILES string of the molecule is CCNC(=NCc1cccc(N(C)C)n1)NC1CCN(Cc2ccccc2C)CC1.I. The Morgan fingerprint density at radius 3 is 2.55 bits per heavy atom. The molecule has 31 heavy (non-hydrogen) atoms. The molecule has 2 aromatic rings. The Kier molecular flexibility index (Phi) is 10.5. The van der Waals surface area contributed by atoms with Crippen molar-refractivity contribution >= 4 is 35.8 Å². The Balaban J connectivity index is 0.00000341. The normalized spacial score (nSPS) is 15.3. The predicted molar refractivity (Wildman–Crippen MR) is 141 cm³/mol. The third kappa shape index (κ3) is 7.96. The van der Waals surface area contributed by atoms with Crippen molar-refractivity contribution in [2.24, 2.45) is 4.99 Å². The van der Waals surface area contributed by atoms with Crippen LogP contribution in [-0.4, -0.2) is 55.6 Å². The molecule has 1 fully saturated rings. The van der Waals surface area contributed by atoms with Crippen molar-refractivity contribution in [3.8, 4) is 0 Å². The molecule has 0 amide bonds. The van der Waals surface area contributed by atoms with Crippen molar-refractivity contribution in [3.05, 3.63) is 59.3 Å². The molecule has 1 aromatic heterocycles. The number of aliphatic imine (C=N–C) groups is 1. The molecule has 0 unspecified atom stereocenters. The lowest BCUT2D eigenvalue weighted by Gasteiger charge is -2.33. The Bertz CT molecular complexity index is 830. The molecule has 1 aliphatic heterocycles. The number of piperidine rings is 1. The molecule has 1 aromatic carbocycles. The van der Waals surface area contributed by atoms with E-state index in [2.05, 4.69) is 58.6 Å². The zero-order chi connectivity index (χ0) is 21.3. The van der Waals surface area contributed by atoms with E-state index in [1.165, 1.54) is 11.1 Å². The average molecular weight is 537 g/mol. The number of hydrogen-bond acceptors (Lipinski definition) is 4. The van der Waals surface area contributed by atoms with E-state index in [-0.39, 0.29) is 24.0 Å². The van der Waals surface area contributed by atoms with Crippen molar-refractivity contribution in [3.63, 3.8) is 0 Å². The van der Waals surface area contributed by atoms with E-state index >= 15 is 0 Å². The highest BCUT2D eigenvalue weighted by Crippen LogP contribution is 2.16. The summed E-state index contributed by atoms with van der Waals surface area (Å²) >= 11 is 0. The van der Waals surface area contributed by atoms with E-state index in [0.717, 1.165) is 56.5 Å². The first-order valence-corrected chi connectivity index (χ1v) is 11.0. The fourth-order valence-corrected chi connectivity index (χ4v) is 3.74. The van der Waals surface area contributed by atoms with Crippen LogP contribution in [0.3, 0.4) is 0 Å². The minimum atomic E-state index is 0. The standard InChI is InChI=1S/C24H36N6.HI/c1-5-25-24(26-17-22-11-8-12-23(27-22)29(3)4)28-21-13-15-30(16-14-21)18-20-10-7-6-9-19(20)2;/h6-12,21H,5,13-18H2,1-4H3,(H2,25,26,28);1H. The van der Waals surface area contributed by atoms with Gasteiger partial charge < -0.3 is 15.5 Å². The van der Waals surface area contributed by atoms with Crippen LogP contribution in [-0.2, 0) is 13.1 Å². The summed E-state index contributed by atoms with van der Waals surface area (Å²) in [5.41, 5.74) is 3.80. The molecule has 0 atom stereocenters. The van der Waals surface area contributed by atoms with Gasteiger partial charge in [-0.15, -0.1) is 24.0 Å². The highest BCUT2D eigenvalue weighted by Gasteiger charge is 2.20. The van der Waals surface area contributed by atoms with Crippen LogP contribution in [0.4, 0.5) is 5.82 Å². The van der Waals surface area contributed by atoms with Gasteiger partial charge in [0.1, 0.15) is 5.82 Å². The van der Waals surface area contributed by atoms with Gasteiger partial charge in [0.15, 0.2) is 5.96 Å². The van der Waals surface area contributed by atoms with Crippen molar-refractivity contribution in [1.82, 2.24) is 20.5 Å². The summed E-state index contributed by atoms with van der Waals surface area (Å²) in [7, 11) is 4.01. The van der Waals surface area contributed by atoms with Gasteiger partial charge in [0, 0.05) is 46.3 Å². The minimum absolute atomic E-state index is 0. The van der Waals surface area contributed by atoms with Crippen molar-refractivity contribution in [2.75, 3.05) is 38.6 Å². The smallest absolute Gasteiger partial charge is 0.191 e. The van der Waals surface area contributed by atoms with E-state index in [9.17, 15) is 0 Å². The number of benzene rings is 1. The van der Waals surface area contributed by atoms with Crippen LogP contribution in [0.2, 0.25) is 0 Å². The largest absolute Gasteiger partial charge is 0.363 e. The van der Waals surface area contributed by atoms with Crippen LogP contribution in [0.1, 0.15) is 36.6 Å². The molecule has 2 heterocycles. The Hall–Kier alpha value is -1.87. The first-order chi connectivity index (χ1) is 14.5. The molecule has 2 N–H and O–H groups in total. The summed E-state index contributed by atoms with van der Waals surface area (Å²) < 4.78 is 0. The highest BCUT2D eigenvalue weighted by molar-refractivity contribution is 14.0. The minimum Gasteiger partial charge on any atom is -0.363 e. The number of aromatic nitrogens is 1. The number of rotatable bonds is 7. The van der Waals surface area contributed by atoms with Gasteiger partial charge in [0.05, 0.1) is 12.2 Å². The number of hydrogen-bond donors (Lipinski definition) is 2. The molecule has 0 spiro atoms. The maximum Gasteiger partial charge on any atom is 0.191 e. The zero-order valence-electron chi connectivity index (χ0n) is 19.3. The van der Waals surface area contributed by atoms with Gasteiger partial charge >= 0.3 is 0 Å². The van der Waals surface area contributed by atoms with Crippen molar-refractivity contribution in [2.45, 2.75) is 45.8 Å². The van der Waals surface area contributed by atoms with Crippen LogP contribution in [0.25, 0.3) is 0 Å². The highest BCUT2D eigenvalue weighted by atomic mass is 127. The summed E-state index contributed by atoms with van der Waals surface area (Å²) in [5.74, 6) is 1.84. The molecule has 7 heteroatoms. The van der Waals surface area contributed by atoms with E-state index in [1.54, 1.807) is 0 Å². The van der Waals surface area contributed by atoms with Crippen LogP contribution in [0.5, 0.6) is 0 Å². The van der Waals surface area contributed by atoms with Gasteiger partial charge in [0.25, 0.3) is 0 Å². The van der Waals surface area contributed by atoms with Gasteiger partial charge in [-0.25, -0.2) is 9.98 Å². The van der Waals surface area contributed by atoms with Crippen LogP contribution < -0.4 is 15.5 Å². The molecule has 0 saturated carbocycles. The Labute approximate surface area is 204 Å². The number of anilines is 1. The summed E-state index contributed by atoms with van der Waals surface area (Å²) in [6.45, 7) is 8.99. The number of likely N-dealkylation sites (tertiary alicyclic amines) is 1. The molecule has 0 aliphatic carbocycles. The maximum absolute atomic E-state index is 4.78. The van der Waals surface area contributed by atoms with Gasteiger partial charge in [0.2, 0.25) is 0 Å². The second-order valence-corrected chi connectivity index (χ2v) is 8.20. The number of nitrogens with one attached hydrogen (secondary N) is 2. The average Bonchev–Trinajstić information content (AvgIpc) is 2.75. The molecule has 0 bridgehead atoms. The Morgan fingerprint density at radius 1 is 1.13 bits per heavy atom. The molecule has 6 nitrogen and oxygen atoms in total. The second kappa shape index (κ2) is 12.9. The molecule has 0 radical (unpaired) electrons. The van der Waals surface area contributed by atoms with Crippen molar-refractivity contribution < 1.29 is 0 Å². The topological polar surface area (TPSA) is 55.8 Å². The molecule has 1 saturated heterocycles. The monoisotopic (exact) mass is 536 g/mol. The fourth-order valence-electron chi connectivity index (χ4n) is 3.74. The zero-order valence-corrected chi connectivity index (χ0v) is 21.6. The van der Waals surface area contributed by atoms with E-state index in [0.29, 0.717) is 12.6 Å². The lowest BCUT2D eigenvalue weighted by atomic mass is 10.0. The van der Waals surface area contributed by atoms with Gasteiger partial charge in [-0.05, 0) is 49.9 Å². The van der Waals surface area contributed by atoms with Gasteiger partial charge in [-0.1, -0.05) is 30.3 Å². The lowest BCUT2D eigenvalue weighted by Crippen LogP contribution is -2.48. The first-order valence-electron chi connectivity index (χ1n) is 11.0. The summed E-state index contributed by atoms with van der Waals surface area (Å²) in [5, 5.41) is 7.02. The molecule has 1 aliphatic rings. The molecular formula is C24H37IN6. The quantitative estimate of drug-likeness (QED) is 0.321. The van der Waals surface area contributed by atoms with E-state index in [4.69, 9.17) is 4.99 Å². The van der Waals surface area contributed by atoms with Crippen molar-refractivity contribution in [1.29, 1.82) is 0 Å². The van der Waals surface area contributed by atoms with Crippen LogP contribution in [0.15, 0.2) is 47.5 Å². The molecule has 170 valence electrons. The number of aryl methyl sites for hydroxylation is 1. The lowest BCUT2D eigenvalue weighted by molar-refractivity contribution is 0.198. The third-order valence-electron chi connectivity index (χ3n) is 5.58. The number of nitrogens with zero attached hydrogens (tertiary/aromatic N) is 4. The van der Waals surface area contributed by atoms with Gasteiger partial charge in [-0.2, -0.15) is 0 Å². The molecule has 3 rings (SSSR count). The maximum atomic E-state index is 4.78. The Morgan fingerprint density at radius 2 is 1.87 bits per heavy atom. The number of halogens is 1. The van der Waals surface area contributed by atoms with E-state index < -0.39 is 0 Å². The second-order valence-electron chi connectivity index (χ2n) is 8.20. The van der Waals surface area contributed by atoms with Crippen LogP contribution >= 0.6 is 24.0 Å². The summed E-state index contributed by atoms with van der Waals surface area (Å²) in [4.78, 5) is 14.0. The number of pyridine rings is 1. The van der Waals surface area contributed by atoms with Crippen LogP contribution in [0, 0.1) is 6.92 Å². The summed E-state index contributed by atoms with van der Waals surface area (Å²) in [6.07, 6.45) is 2.26. The predicted octanol–water partition coefficient (Wildman–Crippen LogP) is 3.79. The fraction of sp³-hybridized carbons (Fsp3) is 0.500. The number of guanidine groups is 1. The summed E-state index contributed by atoms with van der Waals surface area (Å²) in [6, 6.07) is 15.2. The third-order valence-corrected chi connectivity index (χ3v) is 5.58. The first kappa shape index (κ1) is 25.4.